The summed E-state index contributed by atoms with van der Waals surface area (Å²) in [6.07, 6.45) is 5.66. The second-order valence-electron chi connectivity index (χ2n) is 4.39. The van der Waals surface area contributed by atoms with Crippen LogP contribution in [0.5, 0.6) is 0 Å². The van der Waals surface area contributed by atoms with Crippen molar-refractivity contribution in [1.29, 1.82) is 0 Å². The van der Waals surface area contributed by atoms with Gasteiger partial charge in [0.15, 0.2) is 0 Å². The third-order valence-corrected chi connectivity index (χ3v) is 2.74. The van der Waals surface area contributed by atoms with Gasteiger partial charge in [0.1, 0.15) is 5.82 Å². The van der Waals surface area contributed by atoms with Gasteiger partial charge in [0.2, 0.25) is 0 Å². The van der Waals surface area contributed by atoms with Gasteiger partial charge in [0.25, 0.3) is 0 Å². The summed E-state index contributed by atoms with van der Waals surface area (Å²) in [6, 6.07) is 0.165. The van der Waals surface area contributed by atoms with E-state index >= 15 is 0 Å². The Kier molecular flexibility index (Phi) is 5.49. The van der Waals surface area contributed by atoms with Crippen LogP contribution in [-0.2, 0) is 17.7 Å². The average molecular weight is 225 g/mol. The van der Waals surface area contributed by atoms with Gasteiger partial charge in [-0.05, 0) is 19.3 Å². The molecule has 0 aliphatic carbocycles. The Morgan fingerprint density at radius 3 is 2.94 bits per heavy atom. The zero-order chi connectivity index (χ0) is 12.0. The largest absolute Gasteiger partial charge is 0.384 e. The molecule has 0 saturated heterocycles. The molecule has 2 atom stereocenters. The van der Waals surface area contributed by atoms with Gasteiger partial charge in [-0.15, -0.1) is 0 Å². The number of hydrogen-bond donors (Lipinski definition) is 1. The molecule has 1 rings (SSSR count). The van der Waals surface area contributed by atoms with Crippen LogP contribution in [0.3, 0.4) is 0 Å². The molecule has 4 heteroatoms. The van der Waals surface area contributed by atoms with Gasteiger partial charge in [-0.2, -0.15) is 0 Å². The van der Waals surface area contributed by atoms with Crippen molar-refractivity contribution in [3.8, 4) is 0 Å². The fraction of sp³-hybridized carbons (Fsp3) is 0.750. The van der Waals surface area contributed by atoms with E-state index in [-0.39, 0.29) is 6.04 Å². The van der Waals surface area contributed by atoms with Gasteiger partial charge in [-0.1, -0.05) is 6.92 Å². The van der Waals surface area contributed by atoms with Crippen LogP contribution in [-0.4, -0.2) is 29.3 Å². The van der Waals surface area contributed by atoms with Gasteiger partial charge in [-0.3, -0.25) is 0 Å². The van der Waals surface area contributed by atoms with Crippen molar-refractivity contribution in [2.75, 3.05) is 13.7 Å². The predicted molar refractivity (Wildman–Crippen MR) is 65.2 cm³/mol. The molecule has 0 spiro atoms. The number of nitrogens with two attached hydrogens (primary N) is 1. The lowest BCUT2D eigenvalue weighted by molar-refractivity contribution is 0.152. The van der Waals surface area contributed by atoms with Crippen LogP contribution in [0.2, 0.25) is 0 Å². The standard InChI is InChI=1S/C12H23N3O/c1-4-15-6-5-14-12(15)8-11(13)7-10(2)9-16-3/h5-6,10-11H,4,7-9,13H2,1-3H3. The van der Waals surface area contributed by atoms with Crippen molar-refractivity contribution in [2.45, 2.75) is 39.3 Å². The van der Waals surface area contributed by atoms with Crippen molar-refractivity contribution in [2.24, 2.45) is 11.7 Å². The quantitative estimate of drug-likeness (QED) is 0.764. The summed E-state index contributed by atoms with van der Waals surface area (Å²) in [7, 11) is 1.73. The smallest absolute Gasteiger partial charge is 0.110 e. The van der Waals surface area contributed by atoms with Crippen molar-refractivity contribution >= 4 is 0 Å². The Labute approximate surface area is 97.8 Å². The lowest BCUT2D eigenvalue weighted by Gasteiger charge is -2.16. The molecule has 0 radical (unpaired) electrons. The summed E-state index contributed by atoms with van der Waals surface area (Å²) in [6.45, 7) is 6.01. The maximum absolute atomic E-state index is 6.11. The van der Waals surface area contributed by atoms with E-state index in [9.17, 15) is 0 Å². The minimum Gasteiger partial charge on any atom is -0.384 e. The van der Waals surface area contributed by atoms with Gasteiger partial charge >= 0.3 is 0 Å². The van der Waals surface area contributed by atoms with E-state index in [2.05, 4.69) is 23.4 Å². The summed E-state index contributed by atoms with van der Waals surface area (Å²) in [5.41, 5.74) is 6.11. The molecule has 0 saturated carbocycles. The van der Waals surface area contributed by atoms with Crippen LogP contribution in [0, 0.1) is 5.92 Å². The Bertz CT molecular complexity index is 298. The molecule has 1 aromatic heterocycles. The SMILES string of the molecule is CCn1ccnc1CC(N)CC(C)COC. The molecule has 0 aliphatic rings. The highest BCUT2D eigenvalue weighted by molar-refractivity contribution is 4.95. The second kappa shape index (κ2) is 6.66. The topological polar surface area (TPSA) is 53.1 Å². The third-order valence-electron chi connectivity index (χ3n) is 2.74. The lowest BCUT2D eigenvalue weighted by Crippen LogP contribution is -2.28. The van der Waals surface area contributed by atoms with Gasteiger partial charge < -0.3 is 15.0 Å². The number of ether oxygens (including phenoxy) is 1. The number of imidazole rings is 1. The van der Waals surface area contributed by atoms with E-state index in [0.29, 0.717) is 5.92 Å². The Morgan fingerprint density at radius 1 is 1.56 bits per heavy atom. The van der Waals surface area contributed by atoms with Crippen LogP contribution in [0.25, 0.3) is 0 Å². The van der Waals surface area contributed by atoms with Gasteiger partial charge in [0, 0.05) is 45.1 Å². The molecule has 2 unspecified atom stereocenters. The third kappa shape index (κ3) is 3.94. The van der Waals surface area contributed by atoms with Crippen molar-refractivity contribution in [1.82, 2.24) is 9.55 Å². The molecule has 0 bridgehead atoms. The maximum atomic E-state index is 6.11. The normalized spacial score (nSPS) is 15.0. The fourth-order valence-corrected chi connectivity index (χ4v) is 2.01. The number of methoxy groups -OCH3 is 1. The lowest BCUT2D eigenvalue weighted by atomic mass is 10.0. The number of hydrogen-bond acceptors (Lipinski definition) is 3. The minimum atomic E-state index is 0.165. The molecular weight excluding hydrogens is 202 g/mol. The molecule has 4 nitrogen and oxygen atoms in total. The van der Waals surface area contributed by atoms with E-state index in [0.717, 1.165) is 31.8 Å². The molecule has 16 heavy (non-hydrogen) atoms. The minimum absolute atomic E-state index is 0.165. The molecule has 0 fully saturated rings. The van der Waals surface area contributed by atoms with Crippen LogP contribution >= 0.6 is 0 Å². The highest BCUT2D eigenvalue weighted by atomic mass is 16.5. The Morgan fingerprint density at radius 2 is 2.31 bits per heavy atom. The van der Waals surface area contributed by atoms with E-state index in [1.54, 1.807) is 7.11 Å². The fourth-order valence-electron chi connectivity index (χ4n) is 2.01. The van der Waals surface area contributed by atoms with E-state index in [1.807, 2.05) is 12.4 Å². The first-order chi connectivity index (χ1) is 7.67. The highest BCUT2D eigenvalue weighted by Gasteiger charge is 2.12. The first-order valence-corrected chi connectivity index (χ1v) is 5.91. The van der Waals surface area contributed by atoms with E-state index in [4.69, 9.17) is 10.5 Å². The number of aryl methyl sites for hydroxylation is 1. The summed E-state index contributed by atoms with van der Waals surface area (Å²) < 4.78 is 7.25. The number of nitrogens with zero attached hydrogens (tertiary/aromatic N) is 2. The zero-order valence-electron chi connectivity index (χ0n) is 10.5. The first-order valence-electron chi connectivity index (χ1n) is 5.91. The second-order valence-corrected chi connectivity index (χ2v) is 4.39. The molecule has 0 aromatic carbocycles. The predicted octanol–water partition coefficient (Wildman–Crippen LogP) is 1.45. The molecule has 2 N–H and O–H groups in total. The average Bonchev–Trinajstić information content (AvgIpc) is 2.65. The molecule has 1 heterocycles. The van der Waals surface area contributed by atoms with Crippen molar-refractivity contribution in [3.63, 3.8) is 0 Å². The van der Waals surface area contributed by atoms with Crippen LogP contribution < -0.4 is 5.73 Å². The molecule has 92 valence electrons. The van der Waals surface area contributed by atoms with E-state index < -0.39 is 0 Å². The van der Waals surface area contributed by atoms with Gasteiger partial charge in [0.05, 0.1) is 0 Å². The number of rotatable bonds is 7. The summed E-state index contributed by atoms with van der Waals surface area (Å²) in [5.74, 6) is 1.59. The monoisotopic (exact) mass is 225 g/mol. The summed E-state index contributed by atoms with van der Waals surface area (Å²) in [5, 5.41) is 0. The van der Waals surface area contributed by atoms with Crippen molar-refractivity contribution in [3.05, 3.63) is 18.2 Å². The van der Waals surface area contributed by atoms with Crippen LogP contribution in [0.15, 0.2) is 12.4 Å². The Balaban J connectivity index is 2.42. The highest BCUT2D eigenvalue weighted by Crippen LogP contribution is 2.09. The van der Waals surface area contributed by atoms with Crippen LogP contribution in [0.4, 0.5) is 0 Å². The van der Waals surface area contributed by atoms with Gasteiger partial charge in [-0.25, -0.2) is 4.98 Å². The maximum Gasteiger partial charge on any atom is 0.110 e. The molecular formula is C12H23N3O. The zero-order valence-corrected chi connectivity index (χ0v) is 10.5. The molecule has 1 aromatic rings. The summed E-state index contributed by atoms with van der Waals surface area (Å²) >= 11 is 0. The molecule has 0 aliphatic heterocycles. The van der Waals surface area contributed by atoms with Crippen LogP contribution in [0.1, 0.15) is 26.1 Å². The van der Waals surface area contributed by atoms with Crippen molar-refractivity contribution < 1.29 is 4.74 Å². The van der Waals surface area contributed by atoms with E-state index in [1.165, 1.54) is 0 Å². The first kappa shape index (κ1) is 13.2. The number of aromatic nitrogens is 2. The molecule has 0 amide bonds. The Hall–Kier alpha value is -0.870. The summed E-state index contributed by atoms with van der Waals surface area (Å²) in [4.78, 5) is 4.33.